The smallest absolute Gasteiger partial charge is 0.161 e. The maximum absolute atomic E-state index is 6.43. The molecule has 0 fully saturated rings. The fraction of sp³-hybridized carbons (Fsp3) is 0.333. The topological polar surface area (TPSA) is 21.7 Å². The Morgan fingerprint density at radius 2 is 1.61 bits per heavy atom. The highest BCUT2D eigenvalue weighted by Gasteiger charge is 2.36. The number of hydrogen-bond donors (Lipinski definition) is 0. The number of fused-ring (bicyclic) bond motifs is 2. The van der Waals surface area contributed by atoms with E-state index < -0.39 is 0 Å². The molecule has 3 aromatic carbocycles. The third kappa shape index (κ3) is 3.81. The van der Waals surface area contributed by atoms with Crippen LogP contribution >= 0.6 is 11.6 Å². The molecule has 0 spiro atoms. The van der Waals surface area contributed by atoms with E-state index >= 15 is 0 Å². The molecular formula is C27H28ClNO2. The molecule has 1 aliphatic heterocycles. The van der Waals surface area contributed by atoms with E-state index in [9.17, 15) is 0 Å². The average molecular weight is 434 g/mol. The zero-order valence-corrected chi connectivity index (χ0v) is 18.9. The van der Waals surface area contributed by atoms with E-state index in [1.165, 1.54) is 34.2 Å². The highest BCUT2D eigenvalue weighted by molar-refractivity contribution is 6.30. The molecule has 0 aromatic heterocycles. The maximum atomic E-state index is 6.43. The fourth-order valence-corrected chi connectivity index (χ4v) is 5.57. The van der Waals surface area contributed by atoms with Crippen LogP contribution in [-0.4, -0.2) is 31.7 Å². The molecular weight excluding hydrogens is 406 g/mol. The van der Waals surface area contributed by atoms with Crippen molar-refractivity contribution in [2.24, 2.45) is 0 Å². The summed E-state index contributed by atoms with van der Waals surface area (Å²) >= 11 is 6.43. The van der Waals surface area contributed by atoms with Gasteiger partial charge in [-0.05, 0) is 77.8 Å². The molecule has 0 saturated carbocycles. The predicted molar refractivity (Wildman–Crippen MR) is 126 cm³/mol. The first-order valence-electron chi connectivity index (χ1n) is 11.0. The molecule has 1 aliphatic carbocycles. The van der Waals surface area contributed by atoms with Gasteiger partial charge in [-0.25, -0.2) is 0 Å². The maximum Gasteiger partial charge on any atom is 0.161 e. The van der Waals surface area contributed by atoms with E-state index in [4.69, 9.17) is 21.1 Å². The van der Waals surface area contributed by atoms with Crippen molar-refractivity contribution in [1.29, 1.82) is 0 Å². The molecule has 160 valence electrons. The van der Waals surface area contributed by atoms with Crippen LogP contribution < -0.4 is 9.47 Å². The summed E-state index contributed by atoms with van der Waals surface area (Å²) in [5.74, 6) is 1.58. The number of hydrogen-bond acceptors (Lipinski definition) is 3. The van der Waals surface area contributed by atoms with Crippen LogP contribution in [-0.2, 0) is 19.3 Å². The van der Waals surface area contributed by atoms with Gasteiger partial charge in [-0.15, -0.1) is 0 Å². The van der Waals surface area contributed by atoms with E-state index in [2.05, 4.69) is 59.5 Å². The summed E-state index contributed by atoms with van der Waals surface area (Å²) in [6.07, 6.45) is 4.41. The first kappa shape index (κ1) is 20.4. The standard InChI is InChI=1S/C27H28ClNO2/c1-30-25-16-20-12-13-29(23-11-10-18-6-3-4-7-19(18)15-23)27(24(20)17-26(25)31-2)21-8-5-9-22(28)14-21/h3-9,14,16-17,23,27H,10-13,15H2,1-2H3/t23-,27-/m1/s1. The number of ether oxygens (including phenoxy) is 2. The molecule has 0 bridgehead atoms. The van der Waals surface area contributed by atoms with Gasteiger partial charge in [-0.1, -0.05) is 48.0 Å². The third-order valence-corrected chi connectivity index (χ3v) is 7.10. The van der Waals surface area contributed by atoms with Crippen molar-refractivity contribution in [3.63, 3.8) is 0 Å². The molecule has 4 heteroatoms. The number of rotatable bonds is 4. The molecule has 0 amide bonds. The zero-order valence-electron chi connectivity index (χ0n) is 18.1. The molecule has 0 unspecified atom stereocenters. The molecule has 31 heavy (non-hydrogen) atoms. The predicted octanol–water partition coefficient (Wildman–Crippen LogP) is 5.86. The van der Waals surface area contributed by atoms with Gasteiger partial charge in [0, 0.05) is 17.6 Å². The second-order valence-electron chi connectivity index (χ2n) is 8.52. The molecule has 3 nitrogen and oxygen atoms in total. The minimum atomic E-state index is 0.150. The van der Waals surface area contributed by atoms with Crippen LogP contribution in [0.3, 0.4) is 0 Å². The van der Waals surface area contributed by atoms with Crippen LogP contribution in [0.15, 0.2) is 60.7 Å². The van der Waals surface area contributed by atoms with Gasteiger partial charge in [0.25, 0.3) is 0 Å². The Hall–Kier alpha value is -2.49. The van der Waals surface area contributed by atoms with Gasteiger partial charge in [0.05, 0.1) is 20.3 Å². The van der Waals surface area contributed by atoms with Crippen LogP contribution in [0, 0.1) is 0 Å². The normalized spacial score (nSPS) is 20.6. The van der Waals surface area contributed by atoms with E-state index in [1.807, 2.05) is 6.07 Å². The molecule has 3 aromatic rings. The monoisotopic (exact) mass is 433 g/mol. The first-order chi connectivity index (χ1) is 15.2. The minimum Gasteiger partial charge on any atom is -0.493 e. The number of aryl methyl sites for hydroxylation is 1. The lowest BCUT2D eigenvalue weighted by atomic mass is 9.82. The van der Waals surface area contributed by atoms with Crippen molar-refractivity contribution in [3.05, 3.63) is 93.5 Å². The van der Waals surface area contributed by atoms with E-state index in [-0.39, 0.29) is 6.04 Å². The average Bonchev–Trinajstić information content (AvgIpc) is 2.82. The molecule has 0 saturated heterocycles. The Morgan fingerprint density at radius 1 is 0.839 bits per heavy atom. The number of methoxy groups -OCH3 is 2. The molecule has 0 N–H and O–H groups in total. The van der Waals surface area contributed by atoms with Gasteiger partial charge < -0.3 is 9.47 Å². The Balaban J connectivity index is 1.59. The van der Waals surface area contributed by atoms with E-state index in [0.29, 0.717) is 6.04 Å². The summed E-state index contributed by atoms with van der Waals surface area (Å²) < 4.78 is 11.3. The Morgan fingerprint density at radius 3 is 2.39 bits per heavy atom. The lowest BCUT2D eigenvalue weighted by Gasteiger charge is -2.44. The lowest BCUT2D eigenvalue weighted by molar-refractivity contribution is 0.132. The Kier molecular flexibility index (Phi) is 5.64. The first-order valence-corrected chi connectivity index (χ1v) is 11.4. The summed E-state index contributed by atoms with van der Waals surface area (Å²) in [6.45, 7) is 1.02. The summed E-state index contributed by atoms with van der Waals surface area (Å²) in [4.78, 5) is 2.69. The van der Waals surface area contributed by atoms with Crippen molar-refractivity contribution in [2.45, 2.75) is 37.8 Å². The zero-order chi connectivity index (χ0) is 21.4. The quantitative estimate of drug-likeness (QED) is 0.514. The van der Waals surface area contributed by atoms with Crippen molar-refractivity contribution in [3.8, 4) is 11.5 Å². The third-order valence-electron chi connectivity index (χ3n) is 6.87. The molecule has 2 atom stereocenters. The van der Waals surface area contributed by atoms with Gasteiger partial charge in [-0.3, -0.25) is 4.90 Å². The van der Waals surface area contributed by atoms with Crippen LogP contribution in [0.25, 0.3) is 0 Å². The van der Waals surface area contributed by atoms with E-state index in [0.717, 1.165) is 42.3 Å². The van der Waals surface area contributed by atoms with Crippen molar-refractivity contribution in [1.82, 2.24) is 4.90 Å². The van der Waals surface area contributed by atoms with Gasteiger partial charge in [0.2, 0.25) is 0 Å². The summed E-state index contributed by atoms with van der Waals surface area (Å²) in [6, 6.07) is 22.2. The van der Waals surface area contributed by atoms with Crippen molar-refractivity contribution < 1.29 is 9.47 Å². The van der Waals surface area contributed by atoms with Gasteiger partial charge >= 0.3 is 0 Å². The number of nitrogens with zero attached hydrogens (tertiary/aromatic N) is 1. The number of halogens is 1. The fourth-order valence-electron chi connectivity index (χ4n) is 5.37. The highest BCUT2D eigenvalue weighted by Crippen LogP contribution is 2.43. The van der Waals surface area contributed by atoms with Crippen LogP contribution in [0.1, 0.15) is 40.3 Å². The van der Waals surface area contributed by atoms with Crippen molar-refractivity contribution >= 4 is 11.6 Å². The van der Waals surface area contributed by atoms with Crippen LogP contribution in [0.5, 0.6) is 11.5 Å². The van der Waals surface area contributed by atoms with Gasteiger partial charge in [0.15, 0.2) is 11.5 Å². The molecule has 5 rings (SSSR count). The molecule has 1 heterocycles. The van der Waals surface area contributed by atoms with Gasteiger partial charge in [0.1, 0.15) is 0 Å². The van der Waals surface area contributed by atoms with Crippen molar-refractivity contribution in [2.75, 3.05) is 20.8 Å². The Labute approximate surface area is 189 Å². The summed E-state index contributed by atoms with van der Waals surface area (Å²) in [7, 11) is 3.41. The van der Waals surface area contributed by atoms with Gasteiger partial charge in [-0.2, -0.15) is 0 Å². The molecule has 0 radical (unpaired) electrons. The SMILES string of the molecule is COc1cc2c(cc1OC)[C@@H](c1cccc(Cl)c1)N([C@@H]1CCc3ccccc3C1)CC2. The largest absolute Gasteiger partial charge is 0.493 e. The highest BCUT2D eigenvalue weighted by atomic mass is 35.5. The minimum absolute atomic E-state index is 0.150. The van der Waals surface area contributed by atoms with Crippen LogP contribution in [0.4, 0.5) is 0 Å². The number of benzene rings is 3. The molecule has 2 aliphatic rings. The lowest BCUT2D eigenvalue weighted by Crippen LogP contribution is -2.45. The summed E-state index contributed by atoms with van der Waals surface area (Å²) in [5.41, 5.74) is 6.85. The van der Waals surface area contributed by atoms with E-state index in [1.54, 1.807) is 14.2 Å². The second kappa shape index (κ2) is 8.57. The second-order valence-corrected chi connectivity index (χ2v) is 8.95. The summed E-state index contributed by atoms with van der Waals surface area (Å²) in [5, 5.41) is 0.777. The van der Waals surface area contributed by atoms with Crippen LogP contribution in [0.2, 0.25) is 5.02 Å². The Bertz CT molecular complexity index is 1100.